The van der Waals surface area contributed by atoms with Gasteiger partial charge in [0.15, 0.2) is 0 Å². The van der Waals surface area contributed by atoms with Gasteiger partial charge in [0.25, 0.3) is 0 Å². The van der Waals surface area contributed by atoms with Crippen LogP contribution in [0.1, 0.15) is 18.4 Å². The van der Waals surface area contributed by atoms with Crippen LogP contribution < -0.4 is 15.0 Å². The zero-order valence-corrected chi connectivity index (χ0v) is 18.4. The second-order valence-corrected chi connectivity index (χ2v) is 8.85. The smallest absolute Gasteiger partial charge is 0.322 e. The van der Waals surface area contributed by atoms with Crippen LogP contribution in [0.3, 0.4) is 0 Å². The molecule has 2 heterocycles. The lowest BCUT2D eigenvalue weighted by Gasteiger charge is -2.34. The quantitative estimate of drug-likeness (QED) is 0.702. The van der Waals surface area contributed by atoms with Crippen LogP contribution in [-0.2, 0) is 6.42 Å². The van der Waals surface area contributed by atoms with Crippen molar-refractivity contribution in [2.24, 2.45) is 5.92 Å². The summed E-state index contributed by atoms with van der Waals surface area (Å²) in [4.78, 5) is 16.9. The molecule has 2 amide bonds. The van der Waals surface area contributed by atoms with E-state index in [9.17, 15) is 4.79 Å². The number of nitrogens with zero attached hydrogens (tertiary/aromatic N) is 2. The van der Waals surface area contributed by atoms with Crippen molar-refractivity contribution in [3.05, 3.63) is 58.6 Å². The number of methoxy groups -OCH3 is 1. The van der Waals surface area contributed by atoms with Gasteiger partial charge < -0.3 is 15.0 Å². The van der Waals surface area contributed by atoms with Gasteiger partial charge in [-0.1, -0.05) is 34.1 Å². The Morgan fingerprint density at radius 2 is 1.97 bits per heavy atom. The highest BCUT2D eigenvalue weighted by molar-refractivity contribution is 9.10. The van der Waals surface area contributed by atoms with Crippen molar-refractivity contribution in [3.63, 3.8) is 0 Å². The highest BCUT2D eigenvalue weighted by Gasteiger charge is 2.30. The van der Waals surface area contributed by atoms with Crippen LogP contribution in [-0.4, -0.2) is 50.3 Å². The summed E-state index contributed by atoms with van der Waals surface area (Å²) in [6, 6.07) is 16.3. The number of benzene rings is 2. The van der Waals surface area contributed by atoms with Gasteiger partial charge in [-0.2, -0.15) is 0 Å². The molecule has 2 unspecified atom stereocenters. The first-order valence-corrected chi connectivity index (χ1v) is 11.1. The Morgan fingerprint density at radius 1 is 1.14 bits per heavy atom. The van der Waals surface area contributed by atoms with E-state index >= 15 is 0 Å². The van der Waals surface area contributed by atoms with E-state index in [1.54, 1.807) is 7.11 Å². The number of ether oxygens (including phenoxy) is 1. The van der Waals surface area contributed by atoms with Crippen molar-refractivity contribution < 1.29 is 9.53 Å². The Balaban J connectivity index is 1.28. The third-order valence-corrected chi connectivity index (χ3v) is 6.73. The zero-order valence-electron chi connectivity index (χ0n) is 16.8. The van der Waals surface area contributed by atoms with E-state index in [0.29, 0.717) is 5.92 Å². The number of halogens is 1. The first-order chi connectivity index (χ1) is 14.1. The van der Waals surface area contributed by atoms with Gasteiger partial charge in [0, 0.05) is 35.8 Å². The predicted molar refractivity (Wildman–Crippen MR) is 120 cm³/mol. The Labute approximate surface area is 181 Å². The second-order valence-electron chi connectivity index (χ2n) is 8.00. The minimum Gasteiger partial charge on any atom is -0.497 e. The number of amides is 2. The molecule has 6 heteroatoms. The normalized spacial score (nSPS) is 22.6. The predicted octanol–water partition coefficient (Wildman–Crippen LogP) is 4.31. The highest BCUT2D eigenvalue weighted by atomic mass is 79.9. The fraction of sp³-hybridized carbons (Fsp3) is 0.435. The summed E-state index contributed by atoms with van der Waals surface area (Å²) in [5.41, 5.74) is 2.27. The molecule has 0 saturated carbocycles. The highest BCUT2D eigenvalue weighted by Crippen LogP contribution is 2.28. The maximum absolute atomic E-state index is 12.6. The van der Waals surface area contributed by atoms with Gasteiger partial charge in [-0.15, -0.1) is 0 Å². The van der Waals surface area contributed by atoms with Crippen LogP contribution in [0.15, 0.2) is 53.0 Å². The molecule has 0 spiro atoms. The minimum atomic E-state index is 0.0171. The molecule has 0 bridgehead atoms. The zero-order chi connectivity index (χ0) is 20.2. The molecule has 2 aromatic carbocycles. The average molecular weight is 458 g/mol. The molecule has 2 aromatic rings. The molecule has 2 aliphatic heterocycles. The van der Waals surface area contributed by atoms with Crippen molar-refractivity contribution in [2.75, 3.05) is 38.2 Å². The van der Waals surface area contributed by atoms with E-state index in [1.165, 1.54) is 12.0 Å². The number of carbonyl (C=O) groups is 1. The SMILES string of the molecule is COc1ccc(Br)c(CC2CCN(CC3CCN(c4ccccc4)C(=O)N3)C2)c1. The minimum absolute atomic E-state index is 0.0171. The van der Waals surface area contributed by atoms with E-state index in [2.05, 4.69) is 38.3 Å². The molecule has 154 valence electrons. The van der Waals surface area contributed by atoms with E-state index in [0.717, 1.165) is 54.9 Å². The van der Waals surface area contributed by atoms with E-state index in [-0.39, 0.29) is 12.1 Å². The van der Waals surface area contributed by atoms with Crippen LogP contribution in [0.5, 0.6) is 5.75 Å². The van der Waals surface area contributed by atoms with Gasteiger partial charge in [0.1, 0.15) is 5.75 Å². The number of likely N-dealkylation sites (tertiary alicyclic amines) is 1. The number of nitrogens with one attached hydrogen (secondary N) is 1. The first-order valence-electron chi connectivity index (χ1n) is 10.3. The number of hydrogen-bond donors (Lipinski definition) is 1. The summed E-state index contributed by atoms with van der Waals surface area (Å²) in [7, 11) is 1.71. The summed E-state index contributed by atoms with van der Waals surface area (Å²) in [6.07, 6.45) is 3.22. The van der Waals surface area contributed by atoms with Gasteiger partial charge in [-0.3, -0.25) is 4.90 Å². The Kier molecular flexibility index (Phi) is 6.40. The summed E-state index contributed by atoms with van der Waals surface area (Å²) in [6.45, 7) is 3.89. The first kappa shape index (κ1) is 20.2. The fourth-order valence-corrected chi connectivity index (χ4v) is 4.81. The monoisotopic (exact) mass is 457 g/mol. The summed E-state index contributed by atoms with van der Waals surface area (Å²) >= 11 is 3.67. The number of hydrogen-bond acceptors (Lipinski definition) is 3. The lowest BCUT2D eigenvalue weighted by atomic mass is 9.98. The number of urea groups is 1. The molecule has 29 heavy (non-hydrogen) atoms. The molecule has 0 aliphatic carbocycles. The van der Waals surface area contributed by atoms with Crippen molar-refractivity contribution in [2.45, 2.75) is 25.3 Å². The third-order valence-electron chi connectivity index (χ3n) is 5.95. The van der Waals surface area contributed by atoms with E-state index in [4.69, 9.17) is 4.74 Å². The Bertz CT molecular complexity index is 845. The van der Waals surface area contributed by atoms with Crippen LogP contribution in [0, 0.1) is 5.92 Å². The van der Waals surface area contributed by atoms with Crippen molar-refractivity contribution >= 4 is 27.6 Å². The Morgan fingerprint density at radius 3 is 2.72 bits per heavy atom. The van der Waals surface area contributed by atoms with Crippen molar-refractivity contribution in [1.29, 1.82) is 0 Å². The third kappa shape index (κ3) is 4.93. The van der Waals surface area contributed by atoms with Gasteiger partial charge in [-0.25, -0.2) is 4.79 Å². The molecular weight excluding hydrogens is 430 g/mol. The van der Waals surface area contributed by atoms with Crippen molar-refractivity contribution in [3.8, 4) is 5.75 Å². The van der Waals surface area contributed by atoms with Crippen molar-refractivity contribution in [1.82, 2.24) is 10.2 Å². The average Bonchev–Trinajstić information content (AvgIpc) is 3.17. The summed E-state index contributed by atoms with van der Waals surface area (Å²) in [5.74, 6) is 1.55. The topological polar surface area (TPSA) is 44.8 Å². The molecule has 2 atom stereocenters. The van der Waals surface area contributed by atoms with Gasteiger partial charge in [0.2, 0.25) is 0 Å². The molecule has 0 radical (unpaired) electrons. The Hall–Kier alpha value is -2.05. The van der Waals surface area contributed by atoms with Crippen LogP contribution >= 0.6 is 15.9 Å². The molecular formula is C23H28BrN3O2. The lowest BCUT2D eigenvalue weighted by Crippen LogP contribution is -2.55. The van der Waals surface area contributed by atoms with E-state index < -0.39 is 0 Å². The second kappa shape index (κ2) is 9.18. The molecule has 2 saturated heterocycles. The maximum Gasteiger partial charge on any atom is 0.322 e. The van der Waals surface area contributed by atoms with Gasteiger partial charge in [-0.05, 0) is 67.6 Å². The molecule has 1 N–H and O–H groups in total. The summed E-state index contributed by atoms with van der Waals surface area (Å²) < 4.78 is 6.52. The number of anilines is 1. The molecule has 5 nitrogen and oxygen atoms in total. The molecule has 2 fully saturated rings. The van der Waals surface area contributed by atoms with Crippen LogP contribution in [0.4, 0.5) is 10.5 Å². The largest absolute Gasteiger partial charge is 0.497 e. The van der Waals surface area contributed by atoms with E-state index in [1.807, 2.05) is 41.3 Å². The lowest BCUT2D eigenvalue weighted by molar-refractivity contribution is 0.222. The maximum atomic E-state index is 12.6. The number of carbonyl (C=O) groups excluding carboxylic acids is 1. The number of rotatable bonds is 6. The fourth-order valence-electron chi connectivity index (χ4n) is 4.40. The standard InChI is InChI=1S/C23H28BrN3O2/c1-29-21-7-8-22(24)18(14-21)13-17-9-11-26(15-17)16-19-10-12-27(23(28)25-19)20-5-3-2-4-6-20/h2-8,14,17,19H,9-13,15-16H2,1H3,(H,25,28). The molecule has 0 aromatic heterocycles. The van der Waals surface area contributed by atoms with Crippen LogP contribution in [0.2, 0.25) is 0 Å². The van der Waals surface area contributed by atoms with Gasteiger partial charge >= 0.3 is 6.03 Å². The van der Waals surface area contributed by atoms with Gasteiger partial charge in [0.05, 0.1) is 7.11 Å². The molecule has 4 rings (SSSR count). The number of para-hydroxylation sites is 1. The van der Waals surface area contributed by atoms with Crippen LogP contribution in [0.25, 0.3) is 0 Å². The summed E-state index contributed by atoms with van der Waals surface area (Å²) in [5, 5.41) is 3.20. The molecule has 2 aliphatic rings.